The van der Waals surface area contributed by atoms with Gasteiger partial charge in [-0.05, 0) is 59.1 Å². The first-order valence-corrected chi connectivity index (χ1v) is 9.97. The Balaban J connectivity index is 2.13. The summed E-state index contributed by atoms with van der Waals surface area (Å²) in [7, 11) is 0. The van der Waals surface area contributed by atoms with E-state index in [1.165, 1.54) is 11.1 Å². The van der Waals surface area contributed by atoms with Crippen molar-refractivity contribution in [3.05, 3.63) is 87.6 Å². The van der Waals surface area contributed by atoms with Gasteiger partial charge in [0.25, 0.3) is 0 Å². The smallest absolute Gasteiger partial charge is 0.149 e. The SMILES string of the molecule is CCc1ccc(ONNC(/C(N)=C/C=C(\C)Br)c2cccc(CC)c2)cc1. The molecule has 0 radical (unpaired) electrons. The van der Waals surface area contributed by atoms with Crippen molar-refractivity contribution in [3.8, 4) is 5.75 Å². The van der Waals surface area contributed by atoms with Crippen LogP contribution in [0.3, 0.4) is 0 Å². The monoisotopic (exact) mass is 429 g/mol. The summed E-state index contributed by atoms with van der Waals surface area (Å²) in [6.07, 6.45) is 5.79. The van der Waals surface area contributed by atoms with Crippen molar-refractivity contribution in [2.24, 2.45) is 5.73 Å². The van der Waals surface area contributed by atoms with Crippen LogP contribution in [0.2, 0.25) is 0 Å². The largest absolute Gasteiger partial charge is 0.400 e. The molecule has 0 aliphatic carbocycles. The number of benzene rings is 2. The highest BCUT2D eigenvalue weighted by atomic mass is 79.9. The van der Waals surface area contributed by atoms with E-state index < -0.39 is 0 Å². The van der Waals surface area contributed by atoms with Crippen molar-refractivity contribution >= 4 is 15.9 Å². The molecule has 5 heteroatoms. The van der Waals surface area contributed by atoms with Gasteiger partial charge in [0.2, 0.25) is 0 Å². The highest BCUT2D eigenvalue weighted by Gasteiger charge is 2.14. The minimum atomic E-state index is -0.227. The lowest BCUT2D eigenvalue weighted by molar-refractivity contribution is 0.137. The summed E-state index contributed by atoms with van der Waals surface area (Å²) in [4.78, 5) is 5.62. The third-order valence-corrected chi connectivity index (χ3v) is 4.50. The highest BCUT2D eigenvalue weighted by molar-refractivity contribution is 9.11. The van der Waals surface area contributed by atoms with Crippen LogP contribution in [0.15, 0.2) is 70.9 Å². The van der Waals surface area contributed by atoms with E-state index >= 15 is 0 Å². The Bertz CT molecular complexity index is 780. The van der Waals surface area contributed by atoms with Crippen molar-refractivity contribution in [1.29, 1.82) is 0 Å². The summed E-state index contributed by atoms with van der Waals surface area (Å²) in [5.41, 5.74) is 16.6. The van der Waals surface area contributed by atoms with E-state index in [-0.39, 0.29) is 6.04 Å². The van der Waals surface area contributed by atoms with Gasteiger partial charge in [-0.1, -0.05) is 77.8 Å². The molecule has 0 spiro atoms. The van der Waals surface area contributed by atoms with Crippen LogP contribution >= 0.6 is 15.9 Å². The van der Waals surface area contributed by atoms with Crippen LogP contribution in [0.5, 0.6) is 5.75 Å². The molecule has 1 atom stereocenters. The fourth-order valence-electron chi connectivity index (χ4n) is 2.60. The molecule has 27 heavy (non-hydrogen) atoms. The average molecular weight is 430 g/mol. The normalized spacial score (nSPS) is 13.5. The minimum Gasteiger partial charge on any atom is -0.400 e. The zero-order valence-corrected chi connectivity index (χ0v) is 17.7. The lowest BCUT2D eigenvalue weighted by Gasteiger charge is -2.21. The Morgan fingerprint density at radius 2 is 1.78 bits per heavy atom. The predicted octanol–water partition coefficient (Wildman–Crippen LogP) is 5.08. The summed E-state index contributed by atoms with van der Waals surface area (Å²) in [6, 6.07) is 16.1. The number of aryl methyl sites for hydroxylation is 2. The molecule has 4 N–H and O–H groups in total. The summed E-state index contributed by atoms with van der Waals surface area (Å²) in [5.74, 6) is 0.736. The van der Waals surface area contributed by atoms with Crippen LogP contribution in [-0.4, -0.2) is 0 Å². The maximum Gasteiger partial charge on any atom is 0.149 e. The standard InChI is InChI=1S/C22H28BrN3O/c1-4-17-10-12-20(13-11-17)27-26-25-22(21(24)14-9-16(3)23)19-8-6-7-18(5-2)15-19/h6-15,22,25-26H,4-5,24H2,1-3H3/b16-9+,21-14-. The number of rotatable bonds is 9. The predicted molar refractivity (Wildman–Crippen MR) is 116 cm³/mol. The van der Waals surface area contributed by atoms with E-state index in [0.717, 1.165) is 28.6 Å². The molecule has 0 aliphatic rings. The van der Waals surface area contributed by atoms with Crippen molar-refractivity contribution < 1.29 is 4.84 Å². The molecule has 2 rings (SSSR count). The topological polar surface area (TPSA) is 59.3 Å². The first-order chi connectivity index (χ1) is 13.0. The molecule has 144 valence electrons. The number of hydrogen-bond acceptors (Lipinski definition) is 4. The molecule has 0 heterocycles. The van der Waals surface area contributed by atoms with Crippen molar-refractivity contribution in [2.45, 2.75) is 39.7 Å². The lowest BCUT2D eigenvalue weighted by atomic mass is 10.0. The van der Waals surface area contributed by atoms with E-state index in [0.29, 0.717) is 5.70 Å². The minimum absolute atomic E-state index is 0.227. The first kappa shape index (κ1) is 21.2. The second-order valence-electron chi connectivity index (χ2n) is 6.30. The summed E-state index contributed by atoms with van der Waals surface area (Å²) >= 11 is 3.43. The van der Waals surface area contributed by atoms with Crippen LogP contribution in [0, 0.1) is 0 Å². The molecule has 4 nitrogen and oxygen atoms in total. The number of hydrogen-bond donors (Lipinski definition) is 3. The number of halogens is 1. The Hall–Kier alpha value is -2.08. The Morgan fingerprint density at radius 3 is 2.41 bits per heavy atom. The van der Waals surface area contributed by atoms with Crippen LogP contribution in [-0.2, 0) is 12.8 Å². The summed E-state index contributed by atoms with van der Waals surface area (Å²) in [5, 5.41) is 0. The second kappa shape index (κ2) is 10.9. The maximum atomic E-state index is 6.34. The van der Waals surface area contributed by atoms with Crippen LogP contribution < -0.4 is 21.6 Å². The fraction of sp³-hybridized carbons (Fsp3) is 0.273. The van der Waals surface area contributed by atoms with Gasteiger partial charge in [-0.2, -0.15) is 0 Å². The van der Waals surface area contributed by atoms with E-state index in [1.54, 1.807) is 0 Å². The highest BCUT2D eigenvalue weighted by Crippen LogP contribution is 2.20. The summed E-state index contributed by atoms with van der Waals surface area (Å²) in [6.45, 7) is 6.23. The van der Waals surface area contributed by atoms with Gasteiger partial charge in [0.15, 0.2) is 0 Å². The quantitative estimate of drug-likeness (QED) is 0.384. The van der Waals surface area contributed by atoms with Crippen LogP contribution in [0.25, 0.3) is 0 Å². The molecule has 1 unspecified atom stereocenters. The number of allylic oxidation sites excluding steroid dienone is 3. The molecule has 0 aromatic heterocycles. The lowest BCUT2D eigenvalue weighted by Crippen LogP contribution is -2.40. The van der Waals surface area contributed by atoms with Crippen molar-refractivity contribution in [3.63, 3.8) is 0 Å². The van der Waals surface area contributed by atoms with E-state index in [9.17, 15) is 0 Å². The molecular weight excluding hydrogens is 402 g/mol. The Kier molecular flexibility index (Phi) is 8.58. The van der Waals surface area contributed by atoms with Crippen molar-refractivity contribution in [2.75, 3.05) is 0 Å². The average Bonchev–Trinajstić information content (AvgIpc) is 2.70. The van der Waals surface area contributed by atoms with Gasteiger partial charge in [-0.25, -0.2) is 5.43 Å². The molecule has 2 aromatic rings. The van der Waals surface area contributed by atoms with E-state index in [1.807, 2.05) is 37.3 Å². The Labute approximate surface area is 170 Å². The van der Waals surface area contributed by atoms with Gasteiger partial charge in [-0.3, -0.25) is 0 Å². The molecular formula is C22H28BrN3O. The van der Waals surface area contributed by atoms with E-state index in [2.05, 4.69) is 71.1 Å². The number of hydrazine groups is 1. The van der Waals surface area contributed by atoms with Gasteiger partial charge in [0, 0.05) is 5.70 Å². The zero-order chi connectivity index (χ0) is 19.6. The second-order valence-corrected chi connectivity index (χ2v) is 7.55. The molecule has 0 aliphatic heterocycles. The Morgan fingerprint density at radius 1 is 1.07 bits per heavy atom. The zero-order valence-electron chi connectivity index (χ0n) is 16.1. The third kappa shape index (κ3) is 6.86. The molecule has 0 saturated heterocycles. The van der Waals surface area contributed by atoms with Crippen LogP contribution in [0.4, 0.5) is 0 Å². The van der Waals surface area contributed by atoms with Gasteiger partial charge in [0.05, 0.1) is 6.04 Å². The maximum absolute atomic E-state index is 6.34. The molecule has 0 fully saturated rings. The van der Waals surface area contributed by atoms with E-state index in [4.69, 9.17) is 10.6 Å². The molecule has 2 aromatic carbocycles. The van der Waals surface area contributed by atoms with Crippen LogP contribution in [0.1, 0.15) is 43.5 Å². The first-order valence-electron chi connectivity index (χ1n) is 9.18. The molecule has 0 bridgehead atoms. The number of nitrogens with one attached hydrogen (secondary N) is 2. The van der Waals surface area contributed by atoms with Gasteiger partial charge in [-0.15, -0.1) is 0 Å². The molecule has 0 amide bonds. The van der Waals surface area contributed by atoms with Gasteiger partial charge in [0.1, 0.15) is 5.75 Å². The third-order valence-electron chi connectivity index (χ3n) is 4.24. The van der Waals surface area contributed by atoms with Crippen molar-refractivity contribution in [1.82, 2.24) is 11.0 Å². The number of nitrogens with two attached hydrogens (primary N) is 1. The fourth-order valence-corrected chi connectivity index (χ4v) is 2.73. The summed E-state index contributed by atoms with van der Waals surface area (Å²) < 4.78 is 1.01. The molecule has 0 saturated carbocycles. The van der Waals surface area contributed by atoms with Gasteiger partial charge >= 0.3 is 0 Å². The van der Waals surface area contributed by atoms with Gasteiger partial charge < -0.3 is 10.6 Å².